The van der Waals surface area contributed by atoms with Crippen molar-refractivity contribution >= 4 is 23.9 Å². The number of methoxy groups -OCH3 is 1. The van der Waals surface area contributed by atoms with Crippen LogP contribution in [0.2, 0.25) is 5.02 Å². The molecule has 0 aromatic heterocycles. The molecule has 0 heterocycles. The molecule has 0 fully saturated rings. The third kappa shape index (κ3) is 4.73. The van der Waals surface area contributed by atoms with Crippen LogP contribution in [0.5, 0.6) is 11.5 Å². The molecule has 0 amide bonds. The molecule has 0 radical (unpaired) electrons. The van der Waals surface area contributed by atoms with Gasteiger partial charge in [0.05, 0.1) is 17.7 Å². The third-order valence-corrected chi connectivity index (χ3v) is 3.97. The first-order valence-electron chi connectivity index (χ1n) is 7.66. The highest BCUT2D eigenvalue weighted by atomic mass is 35.5. The zero-order valence-corrected chi connectivity index (χ0v) is 15.1. The quantitative estimate of drug-likeness (QED) is 0.423. The Hall–Kier alpha value is -2.53. The number of hydrogen-bond acceptors (Lipinski definition) is 5. The van der Waals surface area contributed by atoms with Crippen molar-refractivity contribution in [3.05, 3.63) is 57.6 Å². The Morgan fingerprint density at radius 2 is 1.80 bits per heavy atom. The van der Waals surface area contributed by atoms with Crippen molar-refractivity contribution in [3.63, 3.8) is 0 Å². The predicted octanol–water partition coefficient (Wildman–Crippen LogP) is 4.01. The molecule has 0 unspecified atom stereocenters. The second-order valence-electron chi connectivity index (χ2n) is 5.42. The van der Waals surface area contributed by atoms with Gasteiger partial charge in [-0.05, 0) is 49.2 Å². The number of benzene rings is 2. The number of hydrogen-bond donors (Lipinski definition) is 0. The average Bonchev–Trinajstić information content (AvgIpc) is 2.61. The van der Waals surface area contributed by atoms with Crippen LogP contribution in [-0.2, 0) is 4.74 Å². The summed E-state index contributed by atoms with van der Waals surface area (Å²) in [5, 5.41) is 0.324. The summed E-state index contributed by atoms with van der Waals surface area (Å²) in [5.41, 5.74) is 2.60. The summed E-state index contributed by atoms with van der Waals surface area (Å²) in [6, 6.07) is 8.52. The molecule has 6 heteroatoms. The van der Waals surface area contributed by atoms with E-state index in [1.165, 1.54) is 13.2 Å². The van der Waals surface area contributed by atoms with Gasteiger partial charge >= 0.3 is 5.97 Å². The molecule has 25 heavy (non-hydrogen) atoms. The standard InChI is InChI=1S/C19H19ClO5/c1-12-4-5-15(9-14(12)11-21)24-6-7-25-18-8-13(2)16(10-17(18)20)19(22)23-3/h4-5,8-11H,6-7H2,1-3H3. The van der Waals surface area contributed by atoms with Crippen LogP contribution >= 0.6 is 11.6 Å². The Morgan fingerprint density at radius 3 is 2.48 bits per heavy atom. The molecule has 2 rings (SSSR count). The van der Waals surface area contributed by atoms with Gasteiger partial charge < -0.3 is 14.2 Å². The van der Waals surface area contributed by atoms with Crippen LogP contribution in [0.15, 0.2) is 30.3 Å². The van der Waals surface area contributed by atoms with E-state index in [0.717, 1.165) is 11.8 Å². The van der Waals surface area contributed by atoms with Gasteiger partial charge in [-0.1, -0.05) is 17.7 Å². The van der Waals surface area contributed by atoms with E-state index in [4.69, 9.17) is 25.8 Å². The van der Waals surface area contributed by atoms with Crippen molar-refractivity contribution in [2.45, 2.75) is 13.8 Å². The van der Waals surface area contributed by atoms with E-state index < -0.39 is 5.97 Å². The number of ether oxygens (including phenoxy) is 3. The Bertz CT molecular complexity index is 786. The monoisotopic (exact) mass is 362 g/mol. The Balaban J connectivity index is 1.95. The lowest BCUT2D eigenvalue weighted by molar-refractivity contribution is 0.0599. The molecule has 2 aromatic carbocycles. The van der Waals surface area contributed by atoms with Crippen LogP contribution in [0.25, 0.3) is 0 Å². The van der Waals surface area contributed by atoms with Crippen molar-refractivity contribution in [2.24, 2.45) is 0 Å². The second-order valence-corrected chi connectivity index (χ2v) is 5.83. The number of carbonyl (C=O) groups is 2. The molecule has 0 bridgehead atoms. The largest absolute Gasteiger partial charge is 0.490 e. The number of aryl methyl sites for hydroxylation is 2. The number of carbonyl (C=O) groups excluding carboxylic acids is 2. The van der Waals surface area contributed by atoms with E-state index in [2.05, 4.69) is 0 Å². The molecule has 0 aliphatic carbocycles. The third-order valence-electron chi connectivity index (χ3n) is 3.67. The van der Waals surface area contributed by atoms with Gasteiger partial charge in [-0.2, -0.15) is 0 Å². The van der Waals surface area contributed by atoms with Gasteiger partial charge in [0, 0.05) is 5.56 Å². The van der Waals surface area contributed by atoms with Crippen molar-refractivity contribution in [1.82, 2.24) is 0 Å². The first-order chi connectivity index (χ1) is 12.0. The molecular weight excluding hydrogens is 344 g/mol. The fraction of sp³-hybridized carbons (Fsp3) is 0.263. The van der Waals surface area contributed by atoms with Crippen molar-refractivity contribution in [1.29, 1.82) is 0 Å². The molecule has 0 aliphatic heterocycles. The van der Waals surface area contributed by atoms with Gasteiger partial charge in [-0.25, -0.2) is 4.79 Å². The van der Waals surface area contributed by atoms with E-state index in [1.54, 1.807) is 25.1 Å². The lowest BCUT2D eigenvalue weighted by Crippen LogP contribution is -2.10. The lowest BCUT2D eigenvalue weighted by Gasteiger charge is -2.12. The number of aldehydes is 1. The fourth-order valence-corrected chi connectivity index (χ4v) is 2.46. The van der Waals surface area contributed by atoms with Gasteiger partial charge in [0.2, 0.25) is 0 Å². The summed E-state index contributed by atoms with van der Waals surface area (Å²) in [4.78, 5) is 22.6. The zero-order chi connectivity index (χ0) is 18.4. The number of rotatable bonds is 7. The Labute approximate surface area is 151 Å². The van der Waals surface area contributed by atoms with E-state index in [1.807, 2.05) is 13.0 Å². The van der Waals surface area contributed by atoms with Crippen LogP contribution < -0.4 is 9.47 Å². The summed E-state index contributed by atoms with van der Waals surface area (Å²) in [7, 11) is 1.32. The normalized spacial score (nSPS) is 10.2. The SMILES string of the molecule is COC(=O)c1cc(Cl)c(OCCOc2ccc(C)c(C=O)c2)cc1C. The topological polar surface area (TPSA) is 61.8 Å². The van der Waals surface area contributed by atoms with Crippen LogP contribution in [-0.4, -0.2) is 32.6 Å². The molecular formula is C19H19ClO5. The highest BCUT2D eigenvalue weighted by molar-refractivity contribution is 6.32. The van der Waals surface area contributed by atoms with E-state index >= 15 is 0 Å². The first kappa shape index (κ1) is 18.8. The molecule has 5 nitrogen and oxygen atoms in total. The molecule has 0 atom stereocenters. The van der Waals surface area contributed by atoms with Gasteiger partial charge in [0.1, 0.15) is 31.0 Å². The first-order valence-corrected chi connectivity index (χ1v) is 8.04. The highest BCUT2D eigenvalue weighted by Crippen LogP contribution is 2.28. The van der Waals surface area contributed by atoms with E-state index in [0.29, 0.717) is 33.2 Å². The summed E-state index contributed by atoms with van der Waals surface area (Å²) < 4.78 is 15.9. The summed E-state index contributed by atoms with van der Waals surface area (Å²) in [6.45, 7) is 4.19. The van der Waals surface area contributed by atoms with Crippen molar-refractivity contribution in [3.8, 4) is 11.5 Å². The summed E-state index contributed by atoms with van der Waals surface area (Å²) in [5.74, 6) is 0.618. The lowest BCUT2D eigenvalue weighted by atomic mass is 10.1. The smallest absolute Gasteiger partial charge is 0.338 e. The maximum atomic E-state index is 11.6. The summed E-state index contributed by atoms with van der Waals surface area (Å²) in [6.07, 6.45) is 0.796. The zero-order valence-electron chi connectivity index (χ0n) is 14.3. The molecule has 0 saturated carbocycles. The minimum Gasteiger partial charge on any atom is -0.490 e. The molecule has 0 aliphatic rings. The van der Waals surface area contributed by atoms with E-state index in [9.17, 15) is 9.59 Å². The van der Waals surface area contributed by atoms with Crippen LogP contribution in [0.3, 0.4) is 0 Å². The summed E-state index contributed by atoms with van der Waals surface area (Å²) >= 11 is 6.14. The maximum Gasteiger partial charge on any atom is 0.338 e. The minimum atomic E-state index is -0.445. The van der Waals surface area contributed by atoms with Gasteiger partial charge in [0.15, 0.2) is 0 Å². The maximum absolute atomic E-state index is 11.6. The fourth-order valence-electron chi connectivity index (χ4n) is 2.24. The molecule has 132 valence electrons. The Morgan fingerprint density at radius 1 is 1.08 bits per heavy atom. The molecule has 2 aromatic rings. The van der Waals surface area contributed by atoms with Gasteiger partial charge in [-0.3, -0.25) is 4.79 Å². The van der Waals surface area contributed by atoms with Crippen LogP contribution in [0.4, 0.5) is 0 Å². The van der Waals surface area contributed by atoms with Gasteiger partial charge in [-0.15, -0.1) is 0 Å². The van der Waals surface area contributed by atoms with Crippen LogP contribution in [0, 0.1) is 13.8 Å². The second kappa shape index (κ2) is 8.53. The Kier molecular flexibility index (Phi) is 6.42. The number of esters is 1. The van der Waals surface area contributed by atoms with Crippen LogP contribution in [0.1, 0.15) is 31.8 Å². The van der Waals surface area contributed by atoms with Crippen molar-refractivity contribution < 1.29 is 23.8 Å². The minimum absolute atomic E-state index is 0.265. The van der Waals surface area contributed by atoms with Gasteiger partial charge in [0.25, 0.3) is 0 Å². The van der Waals surface area contributed by atoms with Crippen molar-refractivity contribution in [2.75, 3.05) is 20.3 Å². The molecule has 0 saturated heterocycles. The van der Waals surface area contributed by atoms with E-state index in [-0.39, 0.29) is 13.2 Å². The average molecular weight is 363 g/mol. The predicted molar refractivity (Wildman–Crippen MR) is 95.1 cm³/mol. The molecule has 0 spiro atoms. The highest BCUT2D eigenvalue weighted by Gasteiger charge is 2.13. The molecule has 0 N–H and O–H groups in total. The number of halogens is 1.